The first-order valence-electron chi connectivity index (χ1n) is 3.51. The molecule has 0 bridgehead atoms. The van der Waals surface area contributed by atoms with Crippen LogP contribution in [0.5, 0.6) is 0 Å². The quantitative estimate of drug-likeness (QED) is 0.379. The van der Waals surface area contributed by atoms with Gasteiger partial charge in [0.15, 0.2) is 6.29 Å². The van der Waals surface area contributed by atoms with Crippen molar-refractivity contribution in [3.8, 4) is 0 Å². The molecule has 2 saturated heterocycles. The minimum atomic E-state index is -0.961. The number of aliphatic hydroxyl groups is 2. The van der Waals surface area contributed by atoms with E-state index in [1.807, 2.05) is 0 Å². The van der Waals surface area contributed by atoms with Gasteiger partial charge in [-0.2, -0.15) is 0 Å². The number of ether oxygens (including phenoxy) is 1. The fourth-order valence-electron chi connectivity index (χ4n) is 1.64. The highest BCUT2D eigenvalue weighted by Crippen LogP contribution is 2.27. The topological polar surface area (TPSA) is 61.7 Å². The maximum atomic E-state index is 9.25. The number of nitrogens with one attached hydrogen (secondary N) is 1. The van der Waals surface area contributed by atoms with Crippen molar-refractivity contribution in [3.63, 3.8) is 0 Å². The van der Waals surface area contributed by atoms with E-state index < -0.39 is 12.4 Å². The van der Waals surface area contributed by atoms with Gasteiger partial charge in [-0.3, -0.25) is 0 Å². The Kier molecular flexibility index (Phi) is 1.42. The zero-order valence-corrected chi connectivity index (χ0v) is 5.53. The molecule has 4 heteroatoms. The molecule has 2 aliphatic rings. The van der Waals surface area contributed by atoms with E-state index in [0.717, 1.165) is 13.1 Å². The minimum Gasteiger partial charge on any atom is -0.387 e. The lowest BCUT2D eigenvalue weighted by Gasteiger charge is -2.09. The highest BCUT2D eigenvalue weighted by atomic mass is 16.6. The number of hydrogen-bond donors (Lipinski definition) is 3. The molecule has 0 spiro atoms. The van der Waals surface area contributed by atoms with Crippen LogP contribution in [0.15, 0.2) is 0 Å². The van der Waals surface area contributed by atoms with Crippen LogP contribution < -0.4 is 5.32 Å². The van der Waals surface area contributed by atoms with Gasteiger partial charge in [0.25, 0.3) is 0 Å². The fourth-order valence-corrected chi connectivity index (χ4v) is 1.64. The van der Waals surface area contributed by atoms with Crippen LogP contribution in [-0.4, -0.2) is 41.8 Å². The van der Waals surface area contributed by atoms with Gasteiger partial charge < -0.3 is 20.3 Å². The largest absolute Gasteiger partial charge is 0.387 e. The van der Waals surface area contributed by atoms with Crippen molar-refractivity contribution in [1.29, 1.82) is 0 Å². The van der Waals surface area contributed by atoms with E-state index >= 15 is 0 Å². The molecule has 4 unspecified atom stereocenters. The molecule has 2 rings (SSSR count). The Balaban J connectivity index is 2.09. The number of aliphatic hydroxyl groups excluding tert-OH is 2. The summed E-state index contributed by atoms with van der Waals surface area (Å²) in [6, 6.07) is 0. The lowest BCUT2D eigenvalue weighted by atomic mass is 10.0. The van der Waals surface area contributed by atoms with E-state index in [4.69, 9.17) is 9.84 Å². The zero-order chi connectivity index (χ0) is 7.14. The van der Waals surface area contributed by atoms with Crippen LogP contribution in [0.3, 0.4) is 0 Å². The molecule has 0 aromatic rings. The third-order valence-corrected chi connectivity index (χ3v) is 2.25. The van der Waals surface area contributed by atoms with Crippen molar-refractivity contribution < 1.29 is 14.9 Å². The molecule has 2 heterocycles. The number of rotatable bonds is 0. The second-order valence-electron chi connectivity index (χ2n) is 2.88. The highest BCUT2D eigenvalue weighted by Gasteiger charge is 2.45. The van der Waals surface area contributed by atoms with Gasteiger partial charge >= 0.3 is 0 Å². The minimum absolute atomic E-state index is 0.0185. The summed E-state index contributed by atoms with van der Waals surface area (Å²) in [7, 11) is 0. The summed E-state index contributed by atoms with van der Waals surface area (Å²) >= 11 is 0. The Bertz CT molecular complexity index is 139. The van der Waals surface area contributed by atoms with Crippen LogP contribution in [0.1, 0.15) is 0 Å². The maximum Gasteiger partial charge on any atom is 0.181 e. The molecule has 2 fully saturated rings. The van der Waals surface area contributed by atoms with Crippen molar-refractivity contribution in [2.24, 2.45) is 5.92 Å². The van der Waals surface area contributed by atoms with Gasteiger partial charge in [0, 0.05) is 19.0 Å². The van der Waals surface area contributed by atoms with Gasteiger partial charge in [-0.1, -0.05) is 0 Å². The van der Waals surface area contributed by atoms with Crippen LogP contribution in [0.4, 0.5) is 0 Å². The van der Waals surface area contributed by atoms with Gasteiger partial charge in [0.2, 0.25) is 0 Å². The molecule has 0 aromatic carbocycles. The smallest absolute Gasteiger partial charge is 0.181 e. The lowest BCUT2D eigenvalue weighted by molar-refractivity contribution is -0.126. The molecule has 0 aromatic heterocycles. The SMILES string of the molecule is OC1OC2CNCC2C1O. The average molecular weight is 145 g/mol. The van der Waals surface area contributed by atoms with Crippen molar-refractivity contribution >= 4 is 0 Å². The number of fused-ring (bicyclic) bond motifs is 1. The van der Waals surface area contributed by atoms with Gasteiger partial charge in [-0.05, 0) is 0 Å². The summed E-state index contributed by atoms with van der Waals surface area (Å²) in [5.41, 5.74) is 0. The molecule has 4 atom stereocenters. The van der Waals surface area contributed by atoms with Crippen LogP contribution in [0.2, 0.25) is 0 Å². The molecule has 0 radical (unpaired) electrons. The molecule has 10 heavy (non-hydrogen) atoms. The monoisotopic (exact) mass is 145 g/mol. The van der Waals surface area contributed by atoms with Gasteiger partial charge in [0.1, 0.15) is 6.10 Å². The third-order valence-electron chi connectivity index (χ3n) is 2.25. The molecule has 0 amide bonds. The first-order valence-corrected chi connectivity index (χ1v) is 3.51. The lowest BCUT2D eigenvalue weighted by Crippen LogP contribution is -2.29. The Morgan fingerprint density at radius 3 is 2.80 bits per heavy atom. The summed E-state index contributed by atoms with van der Waals surface area (Å²) in [5, 5.41) is 21.3. The van der Waals surface area contributed by atoms with Crippen LogP contribution in [-0.2, 0) is 4.74 Å². The molecule has 58 valence electrons. The van der Waals surface area contributed by atoms with E-state index in [-0.39, 0.29) is 12.0 Å². The summed E-state index contributed by atoms with van der Waals surface area (Å²) in [6.45, 7) is 1.50. The van der Waals surface area contributed by atoms with Crippen LogP contribution in [0.25, 0.3) is 0 Å². The maximum absolute atomic E-state index is 9.25. The second kappa shape index (κ2) is 2.17. The molecule has 0 aliphatic carbocycles. The Hall–Kier alpha value is -0.160. The van der Waals surface area contributed by atoms with E-state index in [2.05, 4.69) is 5.32 Å². The van der Waals surface area contributed by atoms with Crippen molar-refractivity contribution in [2.75, 3.05) is 13.1 Å². The zero-order valence-electron chi connectivity index (χ0n) is 5.53. The summed E-state index contributed by atoms with van der Waals surface area (Å²) in [4.78, 5) is 0. The predicted octanol–water partition coefficient (Wildman–Crippen LogP) is -1.72. The van der Waals surface area contributed by atoms with Crippen molar-refractivity contribution in [2.45, 2.75) is 18.5 Å². The van der Waals surface area contributed by atoms with Gasteiger partial charge in [0.05, 0.1) is 6.10 Å². The van der Waals surface area contributed by atoms with Crippen LogP contribution >= 0.6 is 0 Å². The first-order chi connectivity index (χ1) is 4.79. The molecule has 2 aliphatic heterocycles. The van der Waals surface area contributed by atoms with E-state index in [1.54, 1.807) is 0 Å². The van der Waals surface area contributed by atoms with E-state index in [0.29, 0.717) is 0 Å². The molecular formula is C6H11NO3. The standard InChI is InChI=1S/C6H11NO3/c8-5-3-1-7-2-4(3)10-6(5)9/h3-9H,1-2H2. The molecule has 4 nitrogen and oxygen atoms in total. The van der Waals surface area contributed by atoms with E-state index in [9.17, 15) is 5.11 Å². The first kappa shape index (κ1) is 6.54. The predicted molar refractivity (Wildman–Crippen MR) is 33.2 cm³/mol. The van der Waals surface area contributed by atoms with Gasteiger partial charge in [-0.25, -0.2) is 0 Å². The van der Waals surface area contributed by atoms with Crippen molar-refractivity contribution in [3.05, 3.63) is 0 Å². The molecular weight excluding hydrogens is 134 g/mol. The summed E-state index contributed by atoms with van der Waals surface area (Å²) < 4.78 is 5.04. The third kappa shape index (κ3) is 0.769. The fraction of sp³-hybridized carbons (Fsp3) is 1.00. The Morgan fingerprint density at radius 2 is 2.10 bits per heavy atom. The van der Waals surface area contributed by atoms with Gasteiger partial charge in [-0.15, -0.1) is 0 Å². The normalized spacial score (nSPS) is 53.4. The summed E-state index contributed by atoms with van der Waals surface area (Å²) in [5.74, 6) is 0.0926. The molecule has 3 N–H and O–H groups in total. The number of hydrogen-bond acceptors (Lipinski definition) is 4. The second-order valence-corrected chi connectivity index (χ2v) is 2.88. The van der Waals surface area contributed by atoms with Crippen LogP contribution in [0, 0.1) is 5.92 Å². The Labute approximate surface area is 58.8 Å². The van der Waals surface area contributed by atoms with Crippen molar-refractivity contribution in [1.82, 2.24) is 5.32 Å². The Morgan fingerprint density at radius 1 is 1.30 bits per heavy atom. The highest BCUT2D eigenvalue weighted by molar-refractivity contribution is 4.93. The summed E-state index contributed by atoms with van der Waals surface area (Å²) in [6.07, 6.45) is -1.64. The van der Waals surface area contributed by atoms with E-state index in [1.165, 1.54) is 0 Å². The molecule has 0 saturated carbocycles. The average Bonchev–Trinajstić information content (AvgIpc) is 2.41.